The minimum Gasteiger partial charge on any atom is -0.496 e. The molecule has 0 aromatic heterocycles. The molecule has 1 aliphatic rings. The lowest BCUT2D eigenvalue weighted by atomic mass is 10.0. The number of ether oxygens (including phenoxy) is 2. The molecular weight excluding hydrogens is 352 g/mol. The average Bonchev–Trinajstić information content (AvgIpc) is 3.01. The second kappa shape index (κ2) is 8.00. The fourth-order valence-corrected chi connectivity index (χ4v) is 4.25. The number of carbonyl (C=O) groups is 1. The Balaban J connectivity index is 1.79. The van der Waals surface area contributed by atoms with Gasteiger partial charge in [-0.1, -0.05) is 18.2 Å². The van der Waals surface area contributed by atoms with Crippen LogP contribution in [0.15, 0.2) is 30.3 Å². The summed E-state index contributed by atoms with van der Waals surface area (Å²) in [5.74, 6) is 2.34. The molecule has 1 fully saturated rings. The van der Waals surface area contributed by atoms with Gasteiger partial charge in [0, 0.05) is 42.4 Å². The third-order valence-corrected chi connectivity index (χ3v) is 5.51. The average molecular weight is 385 g/mol. The maximum absolute atomic E-state index is 12.4. The minimum absolute atomic E-state index is 0.107. The van der Waals surface area contributed by atoms with Crippen LogP contribution in [-0.2, 0) is 11.3 Å². The van der Waals surface area contributed by atoms with E-state index in [0.717, 1.165) is 41.9 Å². The predicted octanol–water partition coefficient (Wildman–Crippen LogP) is 3.94. The number of hydrogen-bond donors (Lipinski definition) is 0. The Bertz CT molecular complexity index is 857. The Kier molecular flexibility index (Phi) is 5.84. The van der Waals surface area contributed by atoms with Gasteiger partial charge in [0.25, 0.3) is 0 Å². The smallest absolute Gasteiger partial charge is 0.223 e. The zero-order chi connectivity index (χ0) is 20.5. The molecule has 3 rings (SSSR count). The van der Waals surface area contributed by atoms with Gasteiger partial charge in [0.2, 0.25) is 5.91 Å². The van der Waals surface area contributed by atoms with Crippen LogP contribution in [0.4, 0.5) is 0 Å². The molecule has 0 radical (unpaired) electrons. The number of likely N-dealkylation sites (tertiary alicyclic amines) is 1. The number of amides is 1. The van der Waals surface area contributed by atoms with Crippen molar-refractivity contribution in [3.05, 3.63) is 35.9 Å². The van der Waals surface area contributed by atoms with Crippen LogP contribution in [0.2, 0.25) is 0 Å². The predicted molar refractivity (Wildman–Crippen MR) is 113 cm³/mol. The summed E-state index contributed by atoms with van der Waals surface area (Å²) in [5, 5.41) is 2.15. The molecule has 1 amide bonds. The second-order valence-corrected chi connectivity index (χ2v) is 8.75. The lowest BCUT2D eigenvalue weighted by Crippen LogP contribution is -2.42. The summed E-state index contributed by atoms with van der Waals surface area (Å²) in [6, 6.07) is 10.2. The normalized spacial score (nSPS) is 17.6. The molecule has 1 saturated heterocycles. The fourth-order valence-electron chi connectivity index (χ4n) is 4.25. The third kappa shape index (κ3) is 4.09. The van der Waals surface area contributed by atoms with Crippen LogP contribution in [0.3, 0.4) is 0 Å². The van der Waals surface area contributed by atoms with Crippen molar-refractivity contribution in [1.29, 1.82) is 0 Å². The minimum atomic E-state index is -0.107. The molecule has 0 spiro atoms. The molecular formula is C23H32N2O3. The summed E-state index contributed by atoms with van der Waals surface area (Å²) >= 11 is 0. The summed E-state index contributed by atoms with van der Waals surface area (Å²) in [4.78, 5) is 16.7. The van der Waals surface area contributed by atoms with Gasteiger partial charge >= 0.3 is 0 Å². The van der Waals surface area contributed by atoms with Crippen molar-refractivity contribution in [2.75, 3.05) is 34.4 Å². The quantitative estimate of drug-likeness (QED) is 0.757. The Labute approximate surface area is 168 Å². The van der Waals surface area contributed by atoms with Gasteiger partial charge in [-0.25, -0.2) is 0 Å². The highest BCUT2D eigenvalue weighted by atomic mass is 16.5. The van der Waals surface area contributed by atoms with Gasteiger partial charge in [0.15, 0.2) is 0 Å². The first-order valence-electron chi connectivity index (χ1n) is 9.86. The van der Waals surface area contributed by atoms with Crippen molar-refractivity contribution in [2.45, 2.75) is 39.3 Å². The van der Waals surface area contributed by atoms with Crippen LogP contribution in [0, 0.1) is 5.92 Å². The summed E-state index contributed by atoms with van der Waals surface area (Å²) in [6.07, 6.45) is 0.633. The molecule has 0 aliphatic carbocycles. The second-order valence-electron chi connectivity index (χ2n) is 8.75. The van der Waals surface area contributed by atoms with Gasteiger partial charge in [-0.2, -0.15) is 0 Å². The van der Waals surface area contributed by atoms with E-state index in [1.54, 1.807) is 14.2 Å². The molecule has 5 nitrogen and oxygen atoms in total. The van der Waals surface area contributed by atoms with Gasteiger partial charge in [-0.15, -0.1) is 0 Å². The van der Waals surface area contributed by atoms with Crippen molar-refractivity contribution in [3.8, 4) is 11.5 Å². The Morgan fingerprint density at radius 2 is 1.82 bits per heavy atom. The van der Waals surface area contributed by atoms with Crippen LogP contribution in [0.5, 0.6) is 11.5 Å². The topological polar surface area (TPSA) is 42.0 Å². The Morgan fingerprint density at radius 3 is 2.43 bits per heavy atom. The van der Waals surface area contributed by atoms with Gasteiger partial charge in [-0.3, -0.25) is 4.79 Å². The van der Waals surface area contributed by atoms with E-state index in [9.17, 15) is 4.79 Å². The van der Waals surface area contributed by atoms with Crippen molar-refractivity contribution < 1.29 is 14.3 Å². The standard InChI is InChI=1S/C23H32N2O3/c1-23(2,3)25-14-16(12-21(25)26)13-24(4)15-17-10-11-19(27-5)18-8-7-9-20(28-6)22(17)18/h7-11,16H,12-15H2,1-6H3. The van der Waals surface area contributed by atoms with E-state index in [1.807, 2.05) is 23.1 Å². The van der Waals surface area contributed by atoms with Crippen LogP contribution >= 0.6 is 0 Å². The fraction of sp³-hybridized carbons (Fsp3) is 0.522. The molecule has 28 heavy (non-hydrogen) atoms. The van der Waals surface area contributed by atoms with Crippen LogP contribution in [0.1, 0.15) is 32.8 Å². The number of rotatable bonds is 6. The number of methoxy groups -OCH3 is 2. The van der Waals surface area contributed by atoms with Crippen molar-refractivity contribution in [3.63, 3.8) is 0 Å². The number of carbonyl (C=O) groups excluding carboxylic acids is 1. The van der Waals surface area contributed by atoms with E-state index in [0.29, 0.717) is 12.3 Å². The Morgan fingerprint density at radius 1 is 1.11 bits per heavy atom. The highest BCUT2D eigenvalue weighted by molar-refractivity contribution is 5.95. The molecule has 0 bridgehead atoms. The SMILES string of the molecule is COc1ccc(CN(C)CC2CC(=O)N(C(C)(C)C)C2)c2c(OC)cccc12. The van der Waals surface area contributed by atoms with Crippen LogP contribution in [-0.4, -0.2) is 55.6 Å². The molecule has 1 heterocycles. The maximum atomic E-state index is 12.4. The number of fused-ring (bicyclic) bond motifs is 1. The molecule has 1 unspecified atom stereocenters. The largest absolute Gasteiger partial charge is 0.496 e. The van der Waals surface area contributed by atoms with Gasteiger partial charge in [0.05, 0.1) is 14.2 Å². The lowest BCUT2D eigenvalue weighted by molar-refractivity contribution is -0.131. The molecule has 1 atom stereocenters. The zero-order valence-corrected chi connectivity index (χ0v) is 17.9. The first kappa shape index (κ1) is 20.5. The molecule has 2 aromatic rings. The van der Waals surface area contributed by atoms with E-state index < -0.39 is 0 Å². The van der Waals surface area contributed by atoms with E-state index in [1.165, 1.54) is 5.56 Å². The Hall–Kier alpha value is -2.27. The van der Waals surface area contributed by atoms with Gasteiger partial charge in [0.1, 0.15) is 11.5 Å². The molecule has 2 aromatic carbocycles. The van der Waals surface area contributed by atoms with Gasteiger partial charge in [-0.05, 0) is 51.4 Å². The van der Waals surface area contributed by atoms with E-state index in [-0.39, 0.29) is 11.4 Å². The zero-order valence-electron chi connectivity index (χ0n) is 17.9. The van der Waals surface area contributed by atoms with E-state index >= 15 is 0 Å². The third-order valence-electron chi connectivity index (χ3n) is 5.51. The number of benzene rings is 2. The van der Waals surface area contributed by atoms with Crippen LogP contribution < -0.4 is 9.47 Å². The van der Waals surface area contributed by atoms with E-state index in [2.05, 4.69) is 44.9 Å². The number of nitrogens with zero attached hydrogens (tertiary/aromatic N) is 2. The maximum Gasteiger partial charge on any atom is 0.223 e. The molecule has 0 saturated carbocycles. The summed E-state index contributed by atoms with van der Waals surface area (Å²) in [6.45, 7) is 8.83. The highest BCUT2D eigenvalue weighted by Gasteiger charge is 2.36. The number of hydrogen-bond acceptors (Lipinski definition) is 4. The highest BCUT2D eigenvalue weighted by Crippen LogP contribution is 2.35. The van der Waals surface area contributed by atoms with Crippen LogP contribution in [0.25, 0.3) is 10.8 Å². The van der Waals surface area contributed by atoms with Crippen molar-refractivity contribution >= 4 is 16.7 Å². The summed E-state index contributed by atoms with van der Waals surface area (Å²) < 4.78 is 11.2. The van der Waals surface area contributed by atoms with Crippen molar-refractivity contribution in [2.24, 2.45) is 5.92 Å². The summed E-state index contributed by atoms with van der Waals surface area (Å²) in [7, 11) is 5.51. The summed E-state index contributed by atoms with van der Waals surface area (Å²) in [5.41, 5.74) is 1.09. The van der Waals surface area contributed by atoms with E-state index in [4.69, 9.17) is 9.47 Å². The molecule has 0 N–H and O–H groups in total. The van der Waals surface area contributed by atoms with Crippen molar-refractivity contribution in [1.82, 2.24) is 9.80 Å². The molecule has 152 valence electrons. The first-order valence-corrected chi connectivity index (χ1v) is 9.86. The molecule has 5 heteroatoms. The van der Waals surface area contributed by atoms with Gasteiger partial charge < -0.3 is 19.3 Å². The first-order chi connectivity index (χ1) is 13.2. The molecule has 1 aliphatic heterocycles. The lowest BCUT2D eigenvalue weighted by Gasteiger charge is -2.32. The monoisotopic (exact) mass is 384 g/mol.